The number of ether oxygens (including phenoxy) is 2. The van der Waals surface area contributed by atoms with E-state index in [1.165, 1.54) is 5.56 Å². The molecule has 0 aliphatic carbocycles. The summed E-state index contributed by atoms with van der Waals surface area (Å²) >= 11 is 6.37. The van der Waals surface area contributed by atoms with Gasteiger partial charge in [-0.05, 0) is 35.7 Å². The molecule has 6 nitrogen and oxygen atoms in total. The van der Waals surface area contributed by atoms with Crippen molar-refractivity contribution in [3.63, 3.8) is 0 Å². The van der Waals surface area contributed by atoms with Gasteiger partial charge in [-0.15, -0.1) is 0 Å². The highest BCUT2D eigenvalue weighted by Gasteiger charge is 2.36. The van der Waals surface area contributed by atoms with E-state index in [0.29, 0.717) is 19.7 Å². The number of nitrogens with zero attached hydrogens (tertiary/aromatic N) is 1. The molecule has 3 rings (SSSR count). The molecule has 0 aromatic heterocycles. The number of carbonyl (C=O) groups is 1. The molecule has 1 saturated heterocycles. The maximum atomic E-state index is 12.8. The van der Waals surface area contributed by atoms with Crippen molar-refractivity contribution in [2.45, 2.75) is 31.6 Å². The van der Waals surface area contributed by atoms with Crippen molar-refractivity contribution in [2.75, 3.05) is 33.9 Å². The fraction of sp³-hybridized carbons (Fsp3) is 0.435. The molecule has 162 valence electrons. The van der Waals surface area contributed by atoms with Gasteiger partial charge < -0.3 is 20.1 Å². The average Bonchev–Trinajstić information content (AvgIpc) is 3.17. The third kappa shape index (κ3) is 6.19. The third-order valence-electron chi connectivity index (χ3n) is 5.40. The molecular formula is C23H30ClN3O3. The molecule has 7 heteroatoms. The fourth-order valence-corrected chi connectivity index (χ4v) is 3.94. The first-order chi connectivity index (χ1) is 14.6. The summed E-state index contributed by atoms with van der Waals surface area (Å²) in [7, 11) is 3.29. The molecule has 1 aliphatic heterocycles. The molecule has 1 aliphatic rings. The maximum absolute atomic E-state index is 12.8. The second-order valence-electron chi connectivity index (χ2n) is 7.48. The molecule has 30 heavy (non-hydrogen) atoms. The standard InChI is InChI=1S/C23H30ClN3O3/c1-29-12-11-25-23(28)22-13-19(26-14-17-7-9-20(30-2)10-8-17)16-27(22)15-18-5-3-4-6-21(18)24/h3-10,19,22,26H,11-16H2,1-2H3,(H,25,28)/t19-,22-/m0/s1. The smallest absolute Gasteiger partial charge is 0.237 e. The van der Waals surface area contributed by atoms with Crippen LogP contribution in [-0.2, 0) is 22.6 Å². The van der Waals surface area contributed by atoms with E-state index in [-0.39, 0.29) is 18.0 Å². The molecule has 1 amide bonds. The van der Waals surface area contributed by atoms with Crippen molar-refractivity contribution in [1.29, 1.82) is 0 Å². The normalized spacial score (nSPS) is 19.0. The summed E-state index contributed by atoms with van der Waals surface area (Å²) in [6, 6.07) is 15.8. The van der Waals surface area contributed by atoms with E-state index in [0.717, 1.165) is 35.8 Å². The zero-order chi connectivity index (χ0) is 21.3. The van der Waals surface area contributed by atoms with Crippen LogP contribution < -0.4 is 15.4 Å². The molecule has 2 aromatic carbocycles. The van der Waals surface area contributed by atoms with E-state index in [4.69, 9.17) is 21.1 Å². The van der Waals surface area contributed by atoms with Crippen molar-refractivity contribution in [2.24, 2.45) is 0 Å². The maximum Gasteiger partial charge on any atom is 0.237 e. The second-order valence-corrected chi connectivity index (χ2v) is 7.89. The van der Waals surface area contributed by atoms with Crippen LogP contribution in [0.4, 0.5) is 0 Å². The number of hydrogen-bond acceptors (Lipinski definition) is 5. The van der Waals surface area contributed by atoms with Gasteiger partial charge in [0.05, 0.1) is 19.8 Å². The monoisotopic (exact) mass is 431 g/mol. The topological polar surface area (TPSA) is 62.8 Å². The minimum atomic E-state index is -0.202. The Morgan fingerprint density at radius 1 is 1.17 bits per heavy atom. The van der Waals surface area contributed by atoms with Gasteiger partial charge in [-0.25, -0.2) is 0 Å². The Kier molecular flexibility index (Phi) is 8.51. The van der Waals surface area contributed by atoms with Crippen LogP contribution in [0.15, 0.2) is 48.5 Å². The second kappa shape index (κ2) is 11.3. The Labute approximate surface area is 183 Å². The summed E-state index contributed by atoms with van der Waals surface area (Å²) in [6.07, 6.45) is 0.749. The van der Waals surface area contributed by atoms with Crippen molar-refractivity contribution >= 4 is 17.5 Å². The molecule has 0 spiro atoms. The van der Waals surface area contributed by atoms with Crippen LogP contribution in [0, 0.1) is 0 Å². The molecule has 0 saturated carbocycles. The van der Waals surface area contributed by atoms with Gasteiger partial charge >= 0.3 is 0 Å². The van der Waals surface area contributed by atoms with Crippen LogP contribution >= 0.6 is 11.6 Å². The Morgan fingerprint density at radius 3 is 2.63 bits per heavy atom. The summed E-state index contributed by atoms with van der Waals surface area (Å²) in [4.78, 5) is 15.0. The molecule has 0 bridgehead atoms. The Balaban J connectivity index is 1.63. The summed E-state index contributed by atoms with van der Waals surface area (Å²) in [6.45, 7) is 3.18. The van der Waals surface area contributed by atoms with Gasteiger partial charge in [0.2, 0.25) is 5.91 Å². The number of methoxy groups -OCH3 is 2. The van der Waals surface area contributed by atoms with Crippen LogP contribution in [0.1, 0.15) is 17.5 Å². The number of amides is 1. The number of hydrogen-bond donors (Lipinski definition) is 2. The van der Waals surface area contributed by atoms with Crippen molar-refractivity contribution in [3.05, 3.63) is 64.7 Å². The van der Waals surface area contributed by atoms with Gasteiger partial charge in [-0.1, -0.05) is 41.9 Å². The lowest BCUT2D eigenvalue weighted by molar-refractivity contribution is -0.125. The quantitative estimate of drug-likeness (QED) is 0.566. The van der Waals surface area contributed by atoms with E-state index >= 15 is 0 Å². The summed E-state index contributed by atoms with van der Waals surface area (Å²) in [5, 5.41) is 7.31. The van der Waals surface area contributed by atoms with Gasteiger partial charge in [0, 0.05) is 44.4 Å². The van der Waals surface area contributed by atoms with Gasteiger partial charge in [-0.3, -0.25) is 9.69 Å². The van der Waals surface area contributed by atoms with E-state index < -0.39 is 0 Å². The molecule has 0 radical (unpaired) electrons. The van der Waals surface area contributed by atoms with E-state index in [2.05, 4.69) is 27.7 Å². The molecule has 1 heterocycles. The van der Waals surface area contributed by atoms with Crippen LogP contribution in [0.3, 0.4) is 0 Å². The largest absolute Gasteiger partial charge is 0.497 e. The predicted octanol–water partition coefficient (Wildman–Crippen LogP) is 2.84. The number of nitrogens with one attached hydrogen (secondary N) is 2. The molecule has 1 fully saturated rings. The number of likely N-dealkylation sites (tertiary alicyclic amines) is 1. The Bertz CT molecular complexity index is 816. The molecule has 2 aromatic rings. The summed E-state index contributed by atoms with van der Waals surface area (Å²) in [5.41, 5.74) is 2.21. The van der Waals surface area contributed by atoms with Crippen molar-refractivity contribution < 1.29 is 14.3 Å². The van der Waals surface area contributed by atoms with Crippen molar-refractivity contribution in [3.8, 4) is 5.75 Å². The summed E-state index contributed by atoms with van der Waals surface area (Å²) in [5.74, 6) is 0.881. The Hall–Kier alpha value is -2.12. The number of benzene rings is 2. The predicted molar refractivity (Wildman–Crippen MR) is 119 cm³/mol. The number of carbonyl (C=O) groups excluding carboxylic acids is 1. The van der Waals surface area contributed by atoms with E-state index in [9.17, 15) is 4.79 Å². The van der Waals surface area contributed by atoms with Crippen LogP contribution in [0.2, 0.25) is 5.02 Å². The zero-order valence-corrected chi connectivity index (χ0v) is 18.3. The fourth-order valence-electron chi connectivity index (χ4n) is 3.74. The SMILES string of the molecule is COCCNC(=O)[C@@H]1C[C@H](NCc2ccc(OC)cc2)CN1Cc1ccccc1Cl. The van der Waals surface area contributed by atoms with E-state index in [1.54, 1.807) is 14.2 Å². The first kappa shape index (κ1) is 22.6. The van der Waals surface area contributed by atoms with Crippen LogP contribution in [0.5, 0.6) is 5.75 Å². The highest BCUT2D eigenvalue weighted by Crippen LogP contribution is 2.24. The van der Waals surface area contributed by atoms with Gasteiger partial charge in [-0.2, -0.15) is 0 Å². The van der Waals surface area contributed by atoms with Crippen molar-refractivity contribution in [1.82, 2.24) is 15.5 Å². The van der Waals surface area contributed by atoms with Crippen LogP contribution in [0.25, 0.3) is 0 Å². The lowest BCUT2D eigenvalue weighted by atomic mass is 10.1. The van der Waals surface area contributed by atoms with Gasteiger partial charge in [0.1, 0.15) is 5.75 Å². The van der Waals surface area contributed by atoms with E-state index in [1.807, 2.05) is 36.4 Å². The average molecular weight is 432 g/mol. The minimum absolute atomic E-state index is 0.0350. The lowest BCUT2D eigenvalue weighted by Crippen LogP contribution is -2.43. The molecule has 0 unspecified atom stereocenters. The van der Waals surface area contributed by atoms with Crippen LogP contribution in [-0.4, -0.2) is 56.8 Å². The van der Waals surface area contributed by atoms with Gasteiger partial charge in [0.15, 0.2) is 0 Å². The highest BCUT2D eigenvalue weighted by molar-refractivity contribution is 6.31. The molecule has 2 atom stereocenters. The molecule has 2 N–H and O–H groups in total. The number of rotatable bonds is 10. The molecular weight excluding hydrogens is 402 g/mol. The first-order valence-electron chi connectivity index (χ1n) is 10.2. The number of halogens is 1. The van der Waals surface area contributed by atoms with Gasteiger partial charge in [0.25, 0.3) is 0 Å². The lowest BCUT2D eigenvalue weighted by Gasteiger charge is -2.24. The Morgan fingerprint density at radius 2 is 1.93 bits per heavy atom. The third-order valence-corrected chi connectivity index (χ3v) is 5.77. The minimum Gasteiger partial charge on any atom is -0.497 e. The highest BCUT2D eigenvalue weighted by atomic mass is 35.5. The summed E-state index contributed by atoms with van der Waals surface area (Å²) < 4.78 is 10.3. The first-order valence-corrected chi connectivity index (χ1v) is 10.6. The zero-order valence-electron chi connectivity index (χ0n) is 17.6.